The van der Waals surface area contributed by atoms with Crippen LogP contribution >= 0.6 is 0 Å². The van der Waals surface area contributed by atoms with Crippen LogP contribution < -0.4 is 10.6 Å². The largest absolute Gasteiger partial charge is 0.379 e. The smallest absolute Gasteiger partial charge is 0.191 e. The van der Waals surface area contributed by atoms with Crippen LogP contribution in [-0.4, -0.2) is 56.8 Å². The van der Waals surface area contributed by atoms with Crippen molar-refractivity contribution in [1.82, 2.24) is 15.5 Å². The normalized spacial score (nSPS) is 21.4. The first-order chi connectivity index (χ1) is 12.8. The van der Waals surface area contributed by atoms with Crippen LogP contribution in [0.4, 0.5) is 0 Å². The number of hydrogen-bond donors (Lipinski definition) is 2. The molecule has 0 radical (unpaired) electrons. The van der Waals surface area contributed by atoms with Gasteiger partial charge in [0.05, 0.1) is 19.3 Å². The number of nitrogens with zero attached hydrogens (tertiary/aromatic N) is 2. The molecule has 1 saturated heterocycles. The molecule has 1 aliphatic carbocycles. The average Bonchev–Trinajstić information content (AvgIpc) is 2.70. The maximum atomic E-state index is 5.55. The number of nitrogens with one attached hydrogen (secondary N) is 2. The maximum Gasteiger partial charge on any atom is 0.191 e. The third-order valence-electron chi connectivity index (χ3n) is 5.58. The lowest BCUT2D eigenvalue weighted by Crippen LogP contribution is -2.48. The van der Waals surface area contributed by atoms with Gasteiger partial charge in [0.1, 0.15) is 0 Å². The molecule has 0 amide bonds. The molecular weight excluding hydrogens is 324 g/mol. The third-order valence-corrected chi connectivity index (χ3v) is 5.58. The van der Waals surface area contributed by atoms with E-state index in [-0.39, 0.29) is 0 Å². The van der Waals surface area contributed by atoms with E-state index in [0.717, 1.165) is 38.8 Å². The van der Waals surface area contributed by atoms with Crippen molar-refractivity contribution in [3.63, 3.8) is 0 Å². The summed E-state index contributed by atoms with van der Waals surface area (Å²) in [6, 6.07) is 9.83. The molecule has 2 aliphatic rings. The SMILES string of the molecule is CN=C(NCC(c1ccc(C)cc1)N1CCOCC1)NC1CCCCC1. The van der Waals surface area contributed by atoms with Crippen molar-refractivity contribution in [1.29, 1.82) is 0 Å². The van der Waals surface area contributed by atoms with Crippen LogP contribution in [0.3, 0.4) is 0 Å². The van der Waals surface area contributed by atoms with Crippen LogP contribution in [0.25, 0.3) is 0 Å². The van der Waals surface area contributed by atoms with Gasteiger partial charge in [-0.2, -0.15) is 0 Å². The lowest BCUT2D eigenvalue weighted by Gasteiger charge is -2.35. The zero-order chi connectivity index (χ0) is 18.2. The Labute approximate surface area is 158 Å². The summed E-state index contributed by atoms with van der Waals surface area (Å²) in [5, 5.41) is 7.20. The Balaban J connectivity index is 1.63. The number of rotatable bonds is 5. The summed E-state index contributed by atoms with van der Waals surface area (Å²) in [4.78, 5) is 6.98. The van der Waals surface area contributed by atoms with Gasteiger partial charge in [-0.05, 0) is 25.3 Å². The molecule has 2 fully saturated rings. The van der Waals surface area contributed by atoms with Crippen LogP contribution in [0.1, 0.15) is 49.3 Å². The lowest BCUT2D eigenvalue weighted by atomic mass is 9.96. The summed E-state index contributed by atoms with van der Waals surface area (Å²) >= 11 is 0. The Morgan fingerprint density at radius 2 is 1.85 bits per heavy atom. The molecule has 2 N–H and O–H groups in total. The first-order valence-corrected chi connectivity index (χ1v) is 10.1. The molecule has 1 atom stereocenters. The van der Waals surface area contributed by atoms with E-state index in [2.05, 4.69) is 51.7 Å². The second kappa shape index (κ2) is 9.93. The Hall–Kier alpha value is -1.59. The van der Waals surface area contributed by atoms with E-state index >= 15 is 0 Å². The van der Waals surface area contributed by atoms with E-state index in [1.807, 2.05) is 7.05 Å². The van der Waals surface area contributed by atoms with Gasteiger partial charge < -0.3 is 15.4 Å². The highest BCUT2D eigenvalue weighted by atomic mass is 16.5. The second-order valence-electron chi connectivity index (χ2n) is 7.51. The van der Waals surface area contributed by atoms with Crippen LogP contribution in [0.5, 0.6) is 0 Å². The van der Waals surface area contributed by atoms with E-state index in [9.17, 15) is 0 Å². The van der Waals surface area contributed by atoms with Crippen LogP contribution in [-0.2, 0) is 4.74 Å². The molecule has 5 nitrogen and oxygen atoms in total. The molecule has 0 aromatic heterocycles. The van der Waals surface area contributed by atoms with E-state index in [1.54, 1.807) is 0 Å². The fraction of sp³-hybridized carbons (Fsp3) is 0.667. The topological polar surface area (TPSA) is 48.9 Å². The molecule has 3 rings (SSSR count). The van der Waals surface area contributed by atoms with Gasteiger partial charge in [-0.15, -0.1) is 0 Å². The van der Waals surface area contributed by atoms with Gasteiger partial charge in [-0.3, -0.25) is 9.89 Å². The molecule has 1 aromatic rings. The number of ether oxygens (including phenoxy) is 1. The molecule has 26 heavy (non-hydrogen) atoms. The number of guanidine groups is 1. The van der Waals surface area contributed by atoms with Crippen LogP contribution in [0, 0.1) is 6.92 Å². The molecule has 0 spiro atoms. The van der Waals surface area contributed by atoms with Crippen LogP contribution in [0.15, 0.2) is 29.3 Å². The van der Waals surface area contributed by atoms with Crippen molar-refractivity contribution in [2.24, 2.45) is 4.99 Å². The molecule has 144 valence electrons. The molecule has 0 bridgehead atoms. The van der Waals surface area contributed by atoms with Crippen molar-refractivity contribution in [3.8, 4) is 0 Å². The number of aryl methyl sites for hydroxylation is 1. The minimum Gasteiger partial charge on any atom is -0.379 e. The first kappa shape index (κ1) is 19.2. The fourth-order valence-electron chi connectivity index (χ4n) is 3.96. The lowest BCUT2D eigenvalue weighted by molar-refractivity contribution is 0.0170. The van der Waals surface area contributed by atoms with E-state index in [0.29, 0.717) is 12.1 Å². The van der Waals surface area contributed by atoms with Gasteiger partial charge in [-0.1, -0.05) is 49.1 Å². The van der Waals surface area contributed by atoms with E-state index in [4.69, 9.17) is 4.74 Å². The molecular formula is C21H34N4O. The summed E-state index contributed by atoms with van der Waals surface area (Å²) in [7, 11) is 1.87. The summed E-state index contributed by atoms with van der Waals surface area (Å²) < 4.78 is 5.55. The molecule has 1 aromatic carbocycles. The van der Waals surface area contributed by atoms with E-state index in [1.165, 1.54) is 43.2 Å². The first-order valence-electron chi connectivity index (χ1n) is 10.1. The Kier molecular flexibility index (Phi) is 7.32. The van der Waals surface area contributed by atoms with Gasteiger partial charge in [-0.25, -0.2) is 0 Å². The number of benzene rings is 1. The highest BCUT2D eigenvalue weighted by molar-refractivity contribution is 5.80. The minimum absolute atomic E-state index is 0.337. The summed E-state index contributed by atoms with van der Waals surface area (Å²) in [6.07, 6.45) is 6.54. The van der Waals surface area contributed by atoms with Crippen LogP contribution in [0.2, 0.25) is 0 Å². The van der Waals surface area contributed by atoms with Crippen molar-refractivity contribution in [2.45, 2.75) is 51.1 Å². The predicted octanol–water partition coefficient (Wildman–Crippen LogP) is 2.87. The monoisotopic (exact) mass is 358 g/mol. The third kappa shape index (κ3) is 5.45. The van der Waals surface area contributed by atoms with Gasteiger partial charge in [0.25, 0.3) is 0 Å². The number of morpholine rings is 1. The van der Waals surface area contributed by atoms with Crippen molar-refractivity contribution >= 4 is 5.96 Å². The predicted molar refractivity (Wildman–Crippen MR) is 108 cm³/mol. The zero-order valence-electron chi connectivity index (χ0n) is 16.3. The average molecular weight is 359 g/mol. The Bertz CT molecular complexity index is 560. The van der Waals surface area contributed by atoms with Crippen molar-refractivity contribution in [2.75, 3.05) is 39.9 Å². The number of hydrogen-bond acceptors (Lipinski definition) is 3. The summed E-state index contributed by atoms with van der Waals surface area (Å²) in [5.41, 5.74) is 2.66. The maximum absolute atomic E-state index is 5.55. The van der Waals surface area contributed by atoms with Gasteiger partial charge in [0.15, 0.2) is 5.96 Å². The molecule has 1 saturated carbocycles. The molecule has 1 heterocycles. The highest BCUT2D eigenvalue weighted by Gasteiger charge is 2.23. The van der Waals surface area contributed by atoms with Gasteiger partial charge in [0.2, 0.25) is 0 Å². The minimum atomic E-state index is 0.337. The van der Waals surface area contributed by atoms with E-state index < -0.39 is 0 Å². The zero-order valence-corrected chi connectivity index (χ0v) is 16.3. The fourth-order valence-corrected chi connectivity index (χ4v) is 3.96. The van der Waals surface area contributed by atoms with Crippen molar-refractivity contribution < 1.29 is 4.74 Å². The quantitative estimate of drug-likeness (QED) is 0.628. The number of aliphatic imine (C=N–C) groups is 1. The Morgan fingerprint density at radius 1 is 1.15 bits per heavy atom. The summed E-state index contributed by atoms with van der Waals surface area (Å²) in [5.74, 6) is 0.933. The summed E-state index contributed by atoms with van der Waals surface area (Å²) in [6.45, 7) is 6.59. The van der Waals surface area contributed by atoms with Gasteiger partial charge in [0, 0.05) is 32.7 Å². The standard InChI is InChI=1S/C21H34N4O/c1-17-8-10-18(11-9-17)20(25-12-14-26-15-13-25)16-23-21(22-2)24-19-6-4-3-5-7-19/h8-11,19-20H,3-7,12-16H2,1-2H3,(H2,22,23,24). The molecule has 1 aliphatic heterocycles. The van der Waals surface area contributed by atoms with Crippen molar-refractivity contribution in [3.05, 3.63) is 35.4 Å². The molecule has 5 heteroatoms. The molecule has 1 unspecified atom stereocenters. The highest BCUT2D eigenvalue weighted by Crippen LogP contribution is 2.22. The van der Waals surface area contributed by atoms with Gasteiger partial charge >= 0.3 is 0 Å². The second-order valence-corrected chi connectivity index (χ2v) is 7.51. The Morgan fingerprint density at radius 3 is 2.50 bits per heavy atom.